The zero-order chi connectivity index (χ0) is 5.44. The Hall–Kier alpha value is 0.610. The van der Waals surface area contributed by atoms with Gasteiger partial charge in [-0.1, -0.05) is 11.6 Å². The molecule has 0 radical (unpaired) electrons. The SMILES string of the molecule is ClC1=C[C@@H](Cl)[C@@H]1Cl. The van der Waals surface area contributed by atoms with Gasteiger partial charge in [-0.3, -0.25) is 0 Å². The first-order valence-electron chi connectivity index (χ1n) is 1.87. The van der Waals surface area contributed by atoms with Crippen LogP contribution in [0.15, 0.2) is 11.1 Å². The third-order valence-corrected chi connectivity index (χ3v) is 2.35. The van der Waals surface area contributed by atoms with Crippen LogP contribution in [0.25, 0.3) is 0 Å². The maximum atomic E-state index is 5.52. The summed E-state index contributed by atoms with van der Waals surface area (Å²) in [5, 5.41) is 0.485. The van der Waals surface area contributed by atoms with Gasteiger partial charge in [0.1, 0.15) is 0 Å². The van der Waals surface area contributed by atoms with Gasteiger partial charge in [0.15, 0.2) is 0 Å². The van der Waals surface area contributed by atoms with E-state index in [1.165, 1.54) is 0 Å². The van der Waals surface area contributed by atoms with Gasteiger partial charge in [0.2, 0.25) is 0 Å². The fraction of sp³-hybridized carbons (Fsp3) is 0.500. The molecule has 0 nitrogen and oxygen atoms in total. The van der Waals surface area contributed by atoms with Gasteiger partial charge in [-0.2, -0.15) is 0 Å². The molecule has 0 N–H and O–H groups in total. The predicted octanol–water partition coefficient (Wildman–Crippen LogP) is 2.34. The minimum Gasteiger partial charge on any atom is -0.116 e. The van der Waals surface area contributed by atoms with Crippen LogP contribution in [-0.2, 0) is 0 Å². The lowest BCUT2D eigenvalue weighted by atomic mass is 10.1. The molecule has 1 aliphatic rings. The molecule has 7 heavy (non-hydrogen) atoms. The van der Waals surface area contributed by atoms with Gasteiger partial charge >= 0.3 is 0 Å². The maximum Gasteiger partial charge on any atom is 0.0888 e. The van der Waals surface area contributed by atoms with Crippen molar-refractivity contribution >= 4 is 34.8 Å². The van der Waals surface area contributed by atoms with Crippen molar-refractivity contribution in [2.45, 2.75) is 10.8 Å². The van der Waals surface area contributed by atoms with E-state index in [1.54, 1.807) is 6.08 Å². The average molecular weight is 157 g/mol. The molecule has 0 heterocycles. The molecule has 0 saturated heterocycles. The average Bonchev–Trinajstić information content (AvgIpc) is 1.68. The first-order chi connectivity index (χ1) is 3.22. The summed E-state index contributed by atoms with van der Waals surface area (Å²) in [6.45, 7) is 0. The smallest absolute Gasteiger partial charge is 0.0888 e. The van der Waals surface area contributed by atoms with Crippen molar-refractivity contribution in [3.8, 4) is 0 Å². The Labute approximate surface area is 57.0 Å². The van der Waals surface area contributed by atoms with E-state index in [0.29, 0.717) is 5.03 Å². The van der Waals surface area contributed by atoms with Crippen LogP contribution in [0.1, 0.15) is 0 Å². The standard InChI is InChI=1S/C4H3Cl3/c5-2-1-3(6)4(2)7/h1-2,4H/t2-,4+/m1/s1. The van der Waals surface area contributed by atoms with Crippen molar-refractivity contribution < 1.29 is 0 Å². The van der Waals surface area contributed by atoms with Crippen molar-refractivity contribution in [2.24, 2.45) is 0 Å². The van der Waals surface area contributed by atoms with E-state index >= 15 is 0 Å². The van der Waals surface area contributed by atoms with Crippen molar-refractivity contribution in [3.05, 3.63) is 11.1 Å². The van der Waals surface area contributed by atoms with E-state index in [4.69, 9.17) is 34.8 Å². The van der Waals surface area contributed by atoms with E-state index in [1.807, 2.05) is 0 Å². The lowest BCUT2D eigenvalue weighted by molar-refractivity contribution is 0.955. The Balaban J connectivity index is 2.57. The molecule has 3 heteroatoms. The number of halogens is 3. The summed E-state index contributed by atoms with van der Waals surface area (Å²) < 4.78 is 0. The minimum absolute atomic E-state index is 0.0471. The summed E-state index contributed by atoms with van der Waals surface area (Å²) in [4.78, 5) is 0. The number of hydrogen-bond donors (Lipinski definition) is 0. The fourth-order valence-corrected chi connectivity index (χ4v) is 1.18. The predicted molar refractivity (Wildman–Crippen MR) is 33.2 cm³/mol. The molecule has 0 aromatic rings. The molecule has 0 spiro atoms. The van der Waals surface area contributed by atoms with Crippen molar-refractivity contribution in [3.63, 3.8) is 0 Å². The third kappa shape index (κ3) is 0.883. The molecule has 40 valence electrons. The fourth-order valence-electron chi connectivity index (χ4n) is 0.362. The molecule has 1 aliphatic carbocycles. The highest BCUT2D eigenvalue weighted by Gasteiger charge is 2.26. The molecule has 1 rings (SSSR count). The van der Waals surface area contributed by atoms with Crippen LogP contribution in [0.2, 0.25) is 0 Å². The van der Waals surface area contributed by atoms with Gasteiger partial charge in [0.05, 0.1) is 10.8 Å². The Morgan fingerprint density at radius 2 is 2.00 bits per heavy atom. The monoisotopic (exact) mass is 156 g/mol. The molecule has 0 aliphatic heterocycles. The van der Waals surface area contributed by atoms with Crippen molar-refractivity contribution in [1.82, 2.24) is 0 Å². The molecule has 0 fully saturated rings. The minimum atomic E-state index is -0.136. The lowest BCUT2D eigenvalue weighted by Crippen LogP contribution is -2.22. The van der Waals surface area contributed by atoms with Crippen LogP contribution >= 0.6 is 34.8 Å². The van der Waals surface area contributed by atoms with Crippen LogP contribution in [-0.4, -0.2) is 10.8 Å². The van der Waals surface area contributed by atoms with Crippen LogP contribution in [0, 0.1) is 0 Å². The second kappa shape index (κ2) is 1.85. The Bertz CT molecular complexity index is 108. The number of rotatable bonds is 0. The van der Waals surface area contributed by atoms with E-state index in [0.717, 1.165) is 0 Å². The largest absolute Gasteiger partial charge is 0.116 e. The molecule has 0 bridgehead atoms. The molecule has 2 atom stereocenters. The zero-order valence-corrected chi connectivity index (χ0v) is 5.63. The van der Waals surface area contributed by atoms with E-state index in [2.05, 4.69) is 0 Å². The van der Waals surface area contributed by atoms with E-state index in [-0.39, 0.29) is 10.8 Å². The molecule has 0 aromatic carbocycles. The van der Waals surface area contributed by atoms with Gasteiger partial charge in [-0.15, -0.1) is 23.2 Å². The number of alkyl halides is 2. The van der Waals surface area contributed by atoms with Gasteiger partial charge in [0.25, 0.3) is 0 Å². The summed E-state index contributed by atoms with van der Waals surface area (Å²) in [6.07, 6.45) is 1.72. The lowest BCUT2D eigenvalue weighted by Gasteiger charge is -2.20. The first kappa shape index (κ1) is 5.74. The van der Waals surface area contributed by atoms with Crippen LogP contribution < -0.4 is 0 Å². The Morgan fingerprint density at radius 3 is 2.00 bits per heavy atom. The highest BCUT2D eigenvalue weighted by Crippen LogP contribution is 2.32. The summed E-state index contributed by atoms with van der Waals surface area (Å²) in [6, 6.07) is 0. The molecule has 0 saturated carbocycles. The molecular weight excluding hydrogens is 154 g/mol. The van der Waals surface area contributed by atoms with Gasteiger partial charge in [-0.25, -0.2) is 0 Å². The molecular formula is C4H3Cl3. The Morgan fingerprint density at radius 1 is 1.43 bits per heavy atom. The topological polar surface area (TPSA) is 0 Å². The van der Waals surface area contributed by atoms with E-state index < -0.39 is 0 Å². The van der Waals surface area contributed by atoms with E-state index in [9.17, 15) is 0 Å². The quantitative estimate of drug-likeness (QED) is 0.474. The van der Waals surface area contributed by atoms with Crippen molar-refractivity contribution in [2.75, 3.05) is 0 Å². The normalized spacial score (nSPS) is 39.6. The van der Waals surface area contributed by atoms with Crippen LogP contribution in [0.4, 0.5) is 0 Å². The van der Waals surface area contributed by atoms with Crippen LogP contribution in [0.5, 0.6) is 0 Å². The number of allylic oxidation sites excluding steroid dienone is 2. The summed E-state index contributed by atoms with van der Waals surface area (Å²) in [5.74, 6) is 0. The highest BCUT2D eigenvalue weighted by atomic mass is 35.5. The number of hydrogen-bond acceptors (Lipinski definition) is 0. The summed E-state index contributed by atoms with van der Waals surface area (Å²) in [7, 11) is 0. The third-order valence-electron chi connectivity index (χ3n) is 0.861. The maximum absolute atomic E-state index is 5.52. The zero-order valence-electron chi connectivity index (χ0n) is 3.37. The van der Waals surface area contributed by atoms with Crippen molar-refractivity contribution in [1.29, 1.82) is 0 Å². The van der Waals surface area contributed by atoms with Gasteiger partial charge in [-0.05, 0) is 6.08 Å². The second-order valence-electron chi connectivity index (χ2n) is 1.40. The first-order valence-corrected chi connectivity index (χ1v) is 3.12. The molecule has 0 amide bonds. The van der Waals surface area contributed by atoms with Gasteiger partial charge < -0.3 is 0 Å². The summed E-state index contributed by atoms with van der Waals surface area (Å²) in [5.41, 5.74) is 0. The molecule has 0 unspecified atom stereocenters. The summed E-state index contributed by atoms with van der Waals surface area (Å²) >= 11 is 16.5. The second-order valence-corrected chi connectivity index (χ2v) is 2.81. The molecule has 0 aromatic heterocycles. The highest BCUT2D eigenvalue weighted by molar-refractivity contribution is 6.43. The van der Waals surface area contributed by atoms with Crippen LogP contribution in [0.3, 0.4) is 0 Å². The Kier molecular flexibility index (Phi) is 1.52. The van der Waals surface area contributed by atoms with Gasteiger partial charge in [0, 0.05) is 5.03 Å².